The average Bonchev–Trinajstić information content (AvgIpc) is 3.39. The summed E-state index contributed by atoms with van der Waals surface area (Å²) in [5.41, 5.74) is 5.84. The van der Waals surface area contributed by atoms with Crippen LogP contribution in [0.25, 0.3) is 11.8 Å². The number of anilines is 1. The van der Waals surface area contributed by atoms with Gasteiger partial charge in [0.25, 0.3) is 5.56 Å². The number of carbonyl (C=O) groups excluding carboxylic acids is 1. The predicted molar refractivity (Wildman–Crippen MR) is 189 cm³/mol. The van der Waals surface area contributed by atoms with E-state index in [-0.39, 0.29) is 18.1 Å². The first-order valence-corrected chi connectivity index (χ1v) is 16.9. The number of ether oxygens (including phenoxy) is 3. The first-order chi connectivity index (χ1) is 22.7. The maximum absolute atomic E-state index is 14.5. The molecule has 2 heterocycles. The van der Waals surface area contributed by atoms with Crippen molar-refractivity contribution in [3.63, 3.8) is 0 Å². The summed E-state index contributed by atoms with van der Waals surface area (Å²) in [6.07, 6.45) is 1.85. The van der Waals surface area contributed by atoms with Gasteiger partial charge in [-0.2, -0.15) is 0 Å². The van der Waals surface area contributed by atoms with Crippen molar-refractivity contribution in [2.45, 2.75) is 53.5 Å². The van der Waals surface area contributed by atoms with E-state index in [1.165, 1.54) is 11.3 Å². The van der Waals surface area contributed by atoms with E-state index >= 15 is 0 Å². The van der Waals surface area contributed by atoms with Crippen molar-refractivity contribution in [1.82, 2.24) is 4.57 Å². The third-order valence-electron chi connectivity index (χ3n) is 8.54. The highest BCUT2D eigenvalue weighted by atomic mass is 32.1. The summed E-state index contributed by atoms with van der Waals surface area (Å²) < 4.78 is 19.3. The number of esters is 1. The number of fused-ring (bicyclic) bond motifs is 1. The lowest BCUT2D eigenvalue weighted by Crippen LogP contribution is -2.40. The molecule has 0 radical (unpaired) electrons. The number of hydrogen-bond donors (Lipinski definition) is 0. The van der Waals surface area contributed by atoms with Gasteiger partial charge in [0, 0.05) is 36.0 Å². The number of hydrogen-bond acceptors (Lipinski definition) is 8. The van der Waals surface area contributed by atoms with Gasteiger partial charge in [0.2, 0.25) is 0 Å². The van der Waals surface area contributed by atoms with Crippen LogP contribution in [0.15, 0.2) is 76.0 Å². The van der Waals surface area contributed by atoms with Crippen LogP contribution in [0.1, 0.15) is 74.4 Å². The van der Waals surface area contributed by atoms with Gasteiger partial charge in [-0.05, 0) is 80.6 Å². The van der Waals surface area contributed by atoms with Gasteiger partial charge in [-0.1, -0.05) is 55.5 Å². The topological polar surface area (TPSA) is 82.4 Å². The molecule has 1 aliphatic rings. The molecule has 0 aliphatic carbocycles. The van der Waals surface area contributed by atoms with Crippen molar-refractivity contribution in [3.05, 3.63) is 114 Å². The standard InChI is InChI=1S/C38H43N3O5S/c1-9-40(10-2)27-18-17-26(30(21-27)44-7)20-32-36(42)41-35(29-22-28(23(4)5)31(45-8)19-24(29)6)33(37(43)46-11-3)34(39-38(41)47-32)25-15-13-12-14-16-25/h12-23,35H,9-11H2,1-8H3. The Hall–Kier alpha value is -4.63. The van der Waals surface area contributed by atoms with Crippen molar-refractivity contribution in [2.75, 3.05) is 38.8 Å². The number of nitrogens with zero attached hydrogens (tertiary/aromatic N) is 3. The van der Waals surface area contributed by atoms with Gasteiger partial charge in [-0.15, -0.1) is 0 Å². The molecule has 1 aliphatic heterocycles. The molecular weight excluding hydrogens is 611 g/mol. The molecule has 0 saturated carbocycles. The quantitative estimate of drug-likeness (QED) is 0.179. The molecule has 5 rings (SSSR count). The lowest BCUT2D eigenvalue weighted by atomic mass is 9.87. The number of benzene rings is 3. The first kappa shape index (κ1) is 33.7. The van der Waals surface area contributed by atoms with Crippen LogP contribution < -0.4 is 29.3 Å². The minimum Gasteiger partial charge on any atom is -0.496 e. The van der Waals surface area contributed by atoms with E-state index in [4.69, 9.17) is 19.2 Å². The molecular formula is C38H43N3O5S. The van der Waals surface area contributed by atoms with Crippen LogP contribution in [0, 0.1) is 6.92 Å². The van der Waals surface area contributed by atoms with Crippen molar-refractivity contribution in [3.8, 4) is 11.5 Å². The molecule has 1 atom stereocenters. The molecule has 4 aromatic rings. The maximum atomic E-state index is 14.5. The zero-order valence-electron chi connectivity index (χ0n) is 28.4. The van der Waals surface area contributed by atoms with Gasteiger partial charge >= 0.3 is 5.97 Å². The largest absolute Gasteiger partial charge is 0.496 e. The fraction of sp³-hybridized carbons (Fsp3) is 0.342. The van der Waals surface area contributed by atoms with E-state index in [0.29, 0.717) is 26.4 Å². The van der Waals surface area contributed by atoms with Gasteiger partial charge in [-0.3, -0.25) is 9.36 Å². The second kappa shape index (κ2) is 14.4. The molecule has 8 nitrogen and oxygen atoms in total. The number of aromatic nitrogens is 1. The number of carbonyl (C=O) groups is 1. The Kier molecular flexibility index (Phi) is 10.3. The minimum atomic E-state index is -0.780. The van der Waals surface area contributed by atoms with Gasteiger partial charge in [0.1, 0.15) is 11.5 Å². The summed E-state index contributed by atoms with van der Waals surface area (Å²) in [6, 6.07) is 18.9. The monoisotopic (exact) mass is 653 g/mol. The Bertz CT molecular complexity index is 1990. The molecule has 0 N–H and O–H groups in total. The van der Waals surface area contributed by atoms with E-state index in [1.54, 1.807) is 25.7 Å². The molecule has 0 bridgehead atoms. The average molecular weight is 654 g/mol. The molecule has 0 amide bonds. The normalized spacial score (nSPS) is 14.6. The zero-order valence-corrected chi connectivity index (χ0v) is 29.2. The third kappa shape index (κ3) is 6.49. The molecule has 1 unspecified atom stereocenters. The van der Waals surface area contributed by atoms with Gasteiger partial charge in [0.15, 0.2) is 4.80 Å². The van der Waals surface area contributed by atoms with Crippen molar-refractivity contribution >= 4 is 34.8 Å². The van der Waals surface area contributed by atoms with Crippen LogP contribution in [-0.4, -0.2) is 44.5 Å². The lowest BCUT2D eigenvalue weighted by molar-refractivity contribution is -0.138. The van der Waals surface area contributed by atoms with Crippen molar-refractivity contribution in [2.24, 2.45) is 4.99 Å². The smallest absolute Gasteiger partial charge is 0.338 e. The molecule has 246 valence electrons. The highest BCUT2D eigenvalue weighted by Gasteiger charge is 2.36. The van der Waals surface area contributed by atoms with Crippen LogP contribution in [-0.2, 0) is 9.53 Å². The van der Waals surface area contributed by atoms with Gasteiger partial charge in [-0.25, -0.2) is 9.79 Å². The predicted octanol–water partition coefficient (Wildman–Crippen LogP) is 6.23. The summed E-state index contributed by atoms with van der Waals surface area (Å²) in [5, 5.41) is 0. The number of rotatable bonds is 11. The molecule has 0 saturated heterocycles. The summed E-state index contributed by atoms with van der Waals surface area (Å²) in [6.45, 7) is 14.1. The van der Waals surface area contributed by atoms with Crippen LogP contribution in [0.2, 0.25) is 0 Å². The van der Waals surface area contributed by atoms with Gasteiger partial charge in [0.05, 0.1) is 42.7 Å². The second-order valence-electron chi connectivity index (χ2n) is 11.6. The minimum absolute atomic E-state index is 0.135. The van der Waals surface area contributed by atoms with E-state index in [9.17, 15) is 9.59 Å². The maximum Gasteiger partial charge on any atom is 0.338 e. The molecule has 47 heavy (non-hydrogen) atoms. The van der Waals surface area contributed by atoms with Crippen LogP contribution in [0.4, 0.5) is 5.69 Å². The van der Waals surface area contributed by atoms with Crippen LogP contribution in [0.5, 0.6) is 11.5 Å². The number of aryl methyl sites for hydroxylation is 1. The van der Waals surface area contributed by atoms with Crippen LogP contribution in [0.3, 0.4) is 0 Å². The molecule has 1 aromatic heterocycles. The molecule has 0 fully saturated rings. The number of thiazole rings is 1. The summed E-state index contributed by atoms with van der Waals surface area (Å²) in [7, 11) is 3.29. The molecule has 0 spiro atoms. The summed E-state index contributed by atoms with van der Waals surface area (Å²) in [5.74, 6) is 1.06. The Morgan fingerprint density at radius 1 is 1.00 bits per heavy atom. The third-order valence-corrected chi connectivity index (χ3v) is 9.52. The summed E-state index contributed by atoms with van der Waals surface area (Å²) >= 11 is 1.29. The second-order valence-corrected chi connectivity index (χ2v) is 12.6. The Morgan fingerprint density at radius 2 is 1.70 bits per heavy atom. The Balaban J connectivity index is 1.84. The van der Waals surface area contributed by atoms with Gasteiger partial charge < -0.3 is 19.1 Å². The molecule has 9 heteroatoms. The van der Waals surface area contributed by atoms with E-state index in [0.717, 1.165) is 52.3 Å². The first-order valence-electron chi connectivity index (χ1n) is 16.1. The molecule has 3 aromatic carbocycles. The highest BCUT2D eigenvalue weighted by molar-refractivity contribution is 7.07. The Morgan fingerprint density at radius 3 is 2.32 bits per heavy atom. The number of methoxy groups -OCH3 is 2. The van der Waals surface area contributed by atoms with Crippen molar-refractivity contribution < 1.29 is 19.0 Å². The fourth-order valence-corrected chi connectivity index (χ4v) is 7.11. The lowest BCUT2D eigenvalue weighted by Gasteiger charge is -2.28. The SMILES string of the molecule is CCOC(=O)C1=C(c2ccccc2)N=c2sc(=Cc3ccc(N(CC)CC)cc3OC)c(=O)n2C1c1cc(C(C)C)c(OC)cc1C. The van der Waals surface area contributed by atoms with Crippen LogP contribution >= 0.6 is 11.3 Å². The highest BCUT2D eigenvalue weighted by Crippen LogP contribution is 2.40. The summed E-state index contributed by atoms with van der Waals surface area (Å²) in [4.78, 5) is 36.2. The Labute approximate surface area is 280 Å². The van der Waals surface area contributed by atoms with E-state index < -0.39 is 12.0 Å². The van der Waals surface area contributed by atoms with Crippen molar-refractivity contribution in [1.29, 1.82) is 0 Å². The van der Waals surface area contributed by atoms with E-state index in [1.807, 2.05) is 67.6 Å². The zero-order chi connectivity index (χ0) is 33.8. The van der Waals surface area contributed by atoms with E-state index in [2.05, 4.69) is 38.7 Å². The fourth-order valence-electron chi connectivity index (χ4n) is 6.12.